The van der Waals surface area contributed by atoms with Gasteiger partial charge in [-0.05, 0) is 43.2 Å². The fourth-order valence-electron chi connectivity index (χ4n) is 4.15. The first-order valence-corrected chi connectivity index (χ1v) is 13.0. The van der Waals surface area contributed by atoms with Crippen molar-refractivity contribution in [1.29, 1.82) is 0 Å². The zero-order valence-corrected chi connectivity index (χ0v) is 22.6. The number of nitrogens with zero attached hydrogens (tertiary/aromatic N) is 2. The number of nitrogens with one attached hydrogen (secondary N) is 1. The Balaban J connectivity index is 0.000000671. The summed E-state index contributed by atoms with van der Waals surface area (Å²) in [6.45, 7) is 16.1. The van der Waals surface area contributed by atoms with Crippen molar-refractivity contribution in [3.05, 3.63) is 108 Å². The molecule has 0 saturated carbocycles. The molecule has 35 heavy (non-hydrogen) atoms. The molecule has 3 aromatic rings. The number of allylic oxidation sites excluding steroid dienone is 4. The first-order chi connectivity index (χ1) is 17.3. The van der Waals surface area contributed by atoms with Crippen molar-refractivity contribution in [3.63, 3.8) is 0 Å². The van der Waals surface area contributed by atoms with Crippen molar-refractivity contribution in [2.45, 2.75) is 61.6 Å². The van der Waals surface area contributed by atoms with Crippen LogP contribution in [-0.4, -0.2) is 5.84 Å². The van der Waals surface area contributed by atoms with Crippen molar-refractivity contribution in [3.8, 4) is 0 Å². The van der Waals surface area contributed by atoms with Gasteiger partial charge >= 0.3 is 0 Å². The van der Waals surface area contributed by atoms with Crippen LogP contribution in [0, 0.1) is 0 Å². The Morgan fingerprint density at radius 1 is 0.800 bits per heavy atom. The number of anilines is 2. The lowest BCUT2D eigenvalue weighted by molar-refractivity contribution is 0.832. The Bertz CT molecular complexity index is 1150. The lowest BCUT2D eigenvalue weighted by Gasteiger charge is -2.33. The van der Waals surface area contributed by atoms with E-state index in [1.54, 1.807) is 0 Å². The van der Waals surface area contributed by atoms with Gasteiger partial charge in [-0.15, -0.1) is 0 Å². The van der Waals surface area contributed by atoms with E-state index in [-0.39, 0.29) is 6.17 Å². The summed E-state index contributed by atoms with van der Waals surface area (Å²) in [6.07, 6.45) is 6.41. The summed E-state index contributed by atoms with van der Waals surface area (Å²) in [4.78, 5) is 7.38. The van der Waals surface area contributed by atoms with E-state index in [1.807, 2.05) is 48.5 Å². The molecular weight excluding hydrogens is 426 g/mol. The maximum atomic E-state index is 5.06. The van der Waals surface area contributed by atoms with Crippen LogP contribution in [0.5, 0.6) is 0 Å². The van der Waals surface area contributed by atoms with Gasteiger partial charge in [-0.1, -0.05) is 114 Å². The van der Waals surface area contributed by atoms with Crippen molar-refractivity contribution < 1.29 is 0 Å². The van der Waals surface area contributed by atoms with Crippen LogP contribution in [-0.2, 0) is 0 Å². The van der Waals surface area contributed by atoms with E-state index in [1.165, 1.54) is 16.7 Å². The van der Waals surface area contributed by atoms with Gasteiger partial charge in [0.2, 0.25) is 0 Å². The van der Waals surface area contributed by atoms with Crippen molar-refractivity contribution in [2.24, 2.45) is 4.99 Å². The van der Waals surface area contributed by atoms with E-state index >= 15 is 0 Å². The lowest BCUT2D eigenvalue weighted by Crippen LogP contribution is -2.37. The molecule has 0 aliphatic carbocycles. The predicted octanol–water partition coefficient (Wildman–Crippen LogP) is 9.77. The van der Waals surface area contributed by atoms with Crippen molar-refractivity contribution >= 4 is 28.5 Å². The van der Waals surface area contributed by atoms with Gasteiger partial charge in [-0.25, -0.2) is 4.99 Å². The zero-order valence-electron chi connectivity index (χ0n) is 22.6. The SMILES string of the molecule is C/C=C\C(=C/C)c1ccc(C2=Nc3ccccc3C3Nc4ccccc4N23)cc1.CC.CC.CC. The Morgan fingerprint density at radius 3 is 2.09 bits per heavy atom. The van der Waals surface area contributed by atoms with E-state index in [2.05, 4.69) is 108 Å². The number of amidine groups is 1. The third-order valence-electron chi connectivity index (χ3n) is 5.53. The maximum Gasteiger partial charge on any atom is 0.143 e. The first-order valence-electron chi connectivity index (χ1n) is 13.0. The minimum absolute atomic E-state index is 0.0601. The predicted molar refractivity (Wildman–Crippen MR) is 157 cm³/mol. The fraction of sp³-hybridized carbons (Fsp3) is 0.281. The Morgan fingerprint density at radius 2 is 1.43 bits per heavy atom. The highest BCUT2D eigenvalue weighted by atomic mass is 15.4. The maximum absolute atomic E-state index is 5.06. The summed E-state index contributed by atoms with van der Waals surface area (Å²) in [6, 6.07) is 25.5. The van der Waals surface area contributed by atoms with Crippen LogP contribution in [0.4, 0.5) is 17.1 Å². The summed E-state index contributed by atoms with van der Waals surface area (Å²) >= 11 is 0. The van der Waals surface area contributed by atoms with Crippen LogP contribution >= 0.6 is 0 Å². The highest BCUT2D eigenvalue weighted by Crippen LogP contribution is 2.47. The van der Waals surface area contributed by atoms with Gasteiger partial charge in [0.15, 0.2) is 0 Å². The standard InChI is InChI=1S/C26H23N3.3C2H6/c1-3-9-18(4-2)19-14-16-20(17-15-19)25-27-22-11-6-5-10-21(22)26-28-23-12-7-8-13-24(23)29(25)26;3*1-2/h3-17,26,28H,1-2H3;3*1-2H3/b9-3-,18-4+;;;. The van der Waals surface area contributed by atoms with Gasteiger partial charge in [-0.2, -0.15) is 0 Å². The Hall–Kier alpha value is -3.59. The number of hydrogen-bond acceptors (Lipinski definition) is 3. The third kappa shape index (κ3) is 5.74. The van der Waals surface area contributed by atoms with Crippen LogP contribution in [0.1, 0.15) is 78.2 Å². The molecule has 0 saturated heterocycles. The number of aliphatic imine (C=N–C) groups is 1. The molecule has 2 heterocycles. The molecule has 1 unspecified atom stereocenters. The van der Waals surface area contributed by atoms with Gasteiger partial charge in [0.05, 0.1) is 17.1 Å². The summed E-state index contributed by atoms with van der Waals surface area (Å²) in [7, 11) is 0. The quantitative estimate of drug-likeness (QED) is 0.388. The van der Waals surface area contributed by atoms with E-state index in [4.69, 9.17) is 4.99 Å². The summed E-state index contributed by atoms with van der Waals surface area (Å²) in [5, 5.41) is 3.67. The second kappa shape index (κ2) is 14.0. The minimum atomic E-state index is 0.0601. The van der Waals surface area contributed by atoms with Gasteiger partial charge in [0, 0.05) is 11.1 Å². The Kier molecular flexibility index (Phi) is 11.0. The average molecular weight is 468 g/mol. The van der Waals surface area contributed by atoms with Crippen LogP contribution < -0.4 is 10.2 Å². The smallest absolute Gasteiger partial charge is 0.143 e. The monoisotopic (exact) mass is 467 g/mol. The molecule has 0 bridgehead atoms. The van der Waals surface area contributed by atoms with Crippen molar-refractivity contribution in [2.75, 3.05) is 10.2 Å². The number of hydrogen-bond donors (Lipinski definition) is 1. The second-order valence-corrected chi connectivity index (χ2v) is 7.25. The minimum Gasteiger partial charge on any atom is -0.359 e. The molecule has 3 nitrogen and oxygen atoms in total. The molecule has 0 radical (unpaired) electrons. The molecule has 3 heteroatoms. The van der Waals surface area contributed by atoms with E-state index < -0.39 is 0 Å². The average Bonchev–Trinajstić information content (AvgIpc) is 3.35. The van der Waals surface area contributed by atoms with Crippen LogP contribution in [0.2, 0.25) is 0 Å². The molecular formula is C32H41N3. The molecule has 0 fully saturated rings. The van der Waals surface area contributed by atoms with Gasteiger partial charge in [0.25, 0.3) is 0 Å². The molecule has 2 aliphatic heterocycles. The topological polar surface area (TPSA) is 27.6 Å². The lowest BCUT2D eigenvalue weighted by atomic mass is 10.0. The largest absolute Gasteiger partial charge is 0.359 e. The zero-order chi connectivity index (χ0) is 25.8. The molecule has 5 rings (SSSR count). The molecule has 0 amide bonds. The summed E-state index contributed by atoms with van der Waals surface area (Å²) in [5.41, 5.74) is 8.08. The second-order valence-electron chi connectivity index (χ2n) is 7.25. The molecule has 3 aromatic carbocycles. The Labute approximate surface area is 212 Å². The molecule has 1 atom stereocenters. The number of benzene rings is 3. The fourth-order valence-corrected chi connectivity index (χ4v) is 4.15. The molecule has 184 valence electrons. The molecule has 1 N–H and O–H groups in total. The molecule has 0 spiro atoms. The third-order valence-corrected chi connectivity index (χ3v) is 5.53. The molecule has 0 aromatic heterocycles. The van der Waals surface area contributed by atoms with E-state index in [0.717, 1.165) is 28.5 Å². The van der Waals surface area contributed by atoms with Gasteiger partial charge in [0.1, 0.15) is 12.0 Å². The van der Waals surface area contributed by atoms with Gasteiger partial charge < -0.3 is 5.32 Å². The van der Waals surface area contributed by atoms with Crippen molar-refractivity contribution in [1.82, 2.24) is 0 Å². The highest BCUT2D eigenvalue weighted by molar-refractivity contribution is 6.15. The number of para-hydroxylation sites is 3. The van der Waals surface area contributed by atoms with E-state index in [0.29, 0.717) is 0 Å². The number of fused-ring (bicyclic) bond motifs is 5. The van der Waals surface area contributed by atoms with Crippen LogP contribution in [0.15, 0.2) is 96.0 Å². The first kappa shape index (κ1) is 27.7. The van der Waals surface area contributed by atoms with Crippen LogP contribution in [0.3, 0.4) is 0 Å². The summed E-state index contributed by atoms with van der Waals surface area (Å²) in [5.74, 6) is 0.978. The normalized spacial score (nSPS) is 15.0. The summed E-state index contributed by atoms with van der Waals surface area (Å²) < 4.78 is 0. The van der Waals surface area contributed by atoms with E-state index in [9.17, 15) is 0 Å². The highest BCUT2D eigenvalue weighted by Gasteiger charge is 2.37. The van der Waals surface area contributed by atoms with Gasteiger partial charge in [-0.3, -0.25) is 4.90 Å². The molecule has 2 aliphatic rings. The number of rotatable bonds is 3. The van der Waals surface area contributed by atoms with Crippen LogP contribution in [0.25, 0.3) is 5.57 Å².